The highest BCUT2D eigenvalue weighted by Gasteiger charge is 2.33. The predicted molar refractivity (Wildman–Crippen MR) is 76.7 cm³/mol. The minimum Gasteiger partial charge on any atom is -0.458 e. The Morgan fingerprint density at radius 3 is 1.89 bits per heavy atom. The lowest BCUT2D eigenvalue weighted by Gasteiger charge is -2.29. The van der Waals surface area contributed by atoms with Crippen molar-refractivity contribution in [3.8, 4) is 0 Å². The zero-order valence-corrected chi connectivity index (χ0v) is 13.6. The molecule has 0 saturated carbocycles. The summed E-state index contributed by atoms with van der Waals surface area (Å²) in [6.07, 6.45) is 0.720. The van der Waals surface area contributed by atoms with E-state index in [1.807, 2.05) is 55.4 Å². The van der Waals surface area contributed by atoms with Gasteiger partial charge in [0, 0.05) is 5.41 Å². The molecule has 4 heteroatoms. The van der Waals surface area contributed by atoms with Gasteiger partial charge in [-0.25, -0.2) is 4.79 Å². The third-order valence-corrected chi connectivity index (χ3v) is 3.11. The molecule has 0 aliphatic heterocycles. The van der Waals surface area contributed by atoms with Crippen molar-refractivity contribution in [2.45, 2.75) is 73.5 Å². The van der Waals surface area contributed by atoms with Crippen molar-refractivity contribution in [3.63, 3.8) is 0 Å². The van der Waals surface area contributed by atoms with Crippen molar-refractivity contribution >= 4 is 11.9 Å². The summed E-state index contributed by atoms with van der Waals surface area (Å²) in [6.45, 7) is 14.9. The predicted octanol–water partition coefficient (Wildman–Crippen LogP) is 2.91. The third kappa shape index (κ3) is 6.08. The summed E-state index contributed by atoms with van der Waals surface area (Å²) in [6, 6.07) is -0.599. The maximum Gasteiger partial charge on any atom is 0.329 e. The van der Waals surface area contributed by atoms with E-state index in [2.05, 4.69) is 5.32 Å². The van der Waals surface area contributed by atoms with Crippen LogP contribution in [0.2, 0.25) is 0 Å². The molecule has 1 atom stereocenters. The van der Waals surface area contributed by atoms with Crippen LogP contribution in [0.4, 0.5) is 0 Å². The fourth-order valence-electron chi connectivity index (χ4n) is 1.36. The molecule has 0 aliphatic rings. The van der Waals surface area contributed by atoms with E-state index in [0.29, 0.717) is 0 Å². The first-order valence-electron chi connectivity index (χ1n) is 6.94. The molecule has 0 heterocycles. The molecule has 0 bridgehead atoms. The molecule has 19 heavy (non-hydrogen) atoms. The van der Waals surface area contributed by atoms with Gasteiger partial charge >= 0.3 is 5.97 Å². The van der Waals surface area contributed by atoms with Crippen molar-refractivity contribution in [3.05, 3.63) is 0 Å². The van der Waals surface area contributed by atoms with Crippen LogP contribution in [0, 0.1) is 11.3 Å². The third-order valence-electron chi connectivity index (χ3n) is 3.11. The van der Waals surface area contributed by atoms with Crippen molar-refractivity contribution in [2.75, 3.05) is 0 Å². The molecule has 0 saturated heterocycles. The van der Waals surface area contributed by atoms with E-state index in [-0.39, 0.29) is 17.8 Å². The number of ether oxygens (including phenoxy) is 1. The topological polar surface area (TPSA) is 55.4 Å². The molecule has 0 aromatic heterocycles. The van der Waals surface area contributed by atoms with Gasteiger partial charge in [0.15, 0.2) is 0 Å². The molecule has 0 fully saturated rings. The van der Waals surface area contributed by atoms with Crippen molar-refractivity contribution in [1.29, 1.82) is 0 Å². The number of amides is 1. The summed E-state index contributed by atoms with van der Waals surface area (Å²) >= 11 is 0. The van der Waals surface area contributed by atoms with E-state index in [4.69, 9.17) is 4.74 Å². The van der Waals surface area contributed by atoms with Gasteiger partial charge in [-0.15, -0.1) is 0 Å². The van der Waals surface area contributed by atoms with Crippen LogP contribution in [0.3, 0.4) is 0 Å². The summed E-state index contributed by atoms with van der Waals surface area (Å²) in [5.41, 5.74) is -1.02. The second-order valence-electron chi connectivity index (χ2n) is 6.97. The minimum absolute atomic E-state index is 0.00791. The smallest absolute Gasteiger partial charge is 0.329 e. The molecule has 0 aromatic rings. The first kappa shape index (κ1) is 17.9. The quantitative estimate of drug-likeness (QED) is 0.782. The maximum atomic E-state index is 12.2. The highest BCUT2D eigenvalue weighted by molar-refractivity contribution is 5.87. The molecule has 112 valence electrons. The Kier molecular flexibility index (Phi) is 6.04. The summed E-state index contributed by atoms with van der Waals surface area (Å²) in [7, 11) is 0. The number of nitrogens with one attached hydrogen (secondary N) is 1. The van der Waals surface area contributed by atoms with E-state index in [0.717, 1.165) is 6.42 Å². The van der Waals surface area contributed by atoms with Gasteiger partial charge in [-0.2, -0.15) is 0 Å². The number of carbonyl (C=O) groups excluding carboxylic acids is 2. The molecular weight excluding hydrogens is 242 g/mol. The molecular formula is C15H29NO3. The average Bonchev–Trinajstić information content (AvgIpc) is 2.22. The van der Waals surface area contributed by atoms with Gasteiger partial charge in [-0.1, -0.05) is 34.6 Å². The molecule has 0 spiro atoms. The minimum atomic E-state index is -0.599. The lowest BCUT2D eigenvalue weighted by atomic mass is 9.88. The summed E-state index contributed by atoms with van der Waals surface area (Å²) in [5, 5.41) is 2.82. The van der Waals surface area contributed by atoms with Gasteiger partial charge in [0.25, 0.3) is 0 Å². The zero-order valence-electron chi connectivity index (χ0n) is 13.6. The Balaban J connectivity index is 4.86. The van der Waals surface area contributed by atoms with Crippen LogP contribution >= 0.6 is 0 Å². The number of hydrogen-bond donors (Lipinski definition) is 1. The van der Waals surface area contributed by atoms with E-state index >= 15 is 0 Å². The Morgan fingerprint density at radius 2 is 1.58 bits per heavy atom. The fourth-order valence-corrected chi connectivity index (χ4v) is 1.36. The number of carbonyl (C=O) groups is 2. The molecule has 0 radical (unpaired) electrons. The first-order chi connectivity index (χ1) is 8.40. The highest BCUT2D eigenvalue weighted by atomic mass is 16.6. The summed E-state index contributed by atoms with van der Waals surface area (Å²) in [5.74, 6) is -0.492. The molecule has 0 aliphatic carbocycles. The van der Waals surface area contributed by atoms with Crippen molar-refractivity contribution in [2.24, 2.45) is 11.3 Å². The van der Waals surface area contributed by atoms with Gasteiger partial charge in [0.2, 0.25) is 5.91 Å². The SMILES string of the molecule is CCC(C)(C)C(=O)N[C@H](C(=O)OC(C)(C)C)C(C)C. The normalized spacial score (nSPS) is 14.2. The largest absolute Gasteiger partial charge is 0.458 e. The Morgan fingerprint density at radius 1 is 1.11 bits per heavy atom. The van der Waals surface area contributed by atoms with Crippen LogP contribution in [0.25, 0.3) is 0 Å². The number of rotatable bonds is 5. The lowest BCUT2D eigenvalue weighted by Crippen LogP contribution is -2.50. The Labute approximate surface area is 117 Å². The molecule has 0 rings (SSSR count). The van der Waals surface area contributed by atoms with Gasteiger partial charge in [-0.3, -0.25) is 4.79 Å². The maximum absolute atomic E-state index is 12.2. The van der Waals surface area contributed by atoms with Crippen LogP contribution in [-0.2, 0) is 14.3 Å². The average molecular weight is 271 g/mol. The fraction of sp³-hybridized carbons (Fsp3) is 0.867. The second kappa shape index (κ2) is 6.40. The van der Waals surface area contributed by atoms with Gasteiger partial charge in [0.05, 0.1) is 0 Å². The number of esters is 1. The van der Waals surface area contributed by atoms with Crippen LogP contribution in [0.1, 0.15) is 61.8 Å². The highest BCUT2D eigenvalue weighted by Crippen LogP contribution is 2.21. The van der Waals surface area contributed by atoms with E-state index in [1.165, 1.54) is 0 Å². The van der Waals surface area contributed by atoms with Gasteiger partial charge in [-0.05, 0) is 33.1 Å². The van der Waals surface area contributed by atoms with Crippen LogP contribution in [0.5, 0.6) is 0 Å². The van der Waals surface area contributed by atoms with Crippen molar-refractivity contribution in [1.82, 2.24) is 5.32 Å². The van der Waals surface area contributed by atoms with Gasteiger partial charge < -0.3 is 10.1 Å². The van der Waals surface area contributed by atoms with Crippen LogP contribution < -0.4 is 5.32 Å². The van der Waals surface area contributed by atoms with E-state index in [9.17, 15) is 9.59 Å². The first-order valence-corrected chi connectivity index (χ1v) is 6.94. The Bertz CT molecular complexity index is 327. The second-order valence-corrected chi connectivity index (χ2v) is 6.97. The molecule has 1 N–H and O–H groups in total. The Hall–Kier alpha value is -1.06. The standard InChI is InChI=1S/C15H29NO3/c1-9-15(7,8)13(18)16-11(10(2)3)12(17)19-14(4,5)6/h10-11H,9H2,1-8H3,(H,16,18)/t11-/m0/s1. The zero-order chi connectivity index (χ0) is 15.4. The van der Waals surface area contributed by atoms with E-state index in [1.54, 1.807) is 0 Å². The molecule has 0 unspecified atom stereocenters. The van der Waals surface area contributed by atoms with E-state index < -0.39 is 17.1 Å². The summed E-state index contributed by atoms with van der Waals surface area (Å²) < 4.78 is 5.35. The van der Waals surface area contributed by atoms with Crippen molar-refractivity contribution < 1.29 is 14.3 Å². The van der Waals surface area contributed by atoms with Crippen LogP contribution in [-0.4, -0.2) is 23.5 Å². The summed E-state index contributed by atoms with van der Waals surface area (Å²) in [4.78, 5) is 24.3. The number of hydrogen-bond acceptors (Lipinski definition) is 3. The molecule has 0 aromatic carbocycles. The van der Waals surface area contributed by atoms with Gasteiger partial charge in [0.1, 0.15) is 11.6 Å². The monoisotopic (exact) mass is 271 g/mol. The lowest BCUT2D eigenvalue weighted by molar-refractivity contribution is -0.160. The molecule has 4 nitrogen and oxygen atoms in total. The molecule has 1 amide bonds. The van der Waals surface area contributed by atoms with Crippen LogP contribution in [0.15, 0.2) is 0 Å².